The molecule has 1 atom stereocenters. The molecule has 0 spiro atoms. The van der Waals surface area contributed by atoms with E-state index in [1.165, 1.54) is 12.1 Å². The van der Waals surface area contributed by atoms with Crippen molar-refractivity contribution in [3.8, 4) is 0 Å². The maximum Gasteiger partial charge on any atom is 0.233 e. The predicted molar refractivity (Wildman–Crippen MR) is 46.8 cm³/mol. The van der Waals surface area contributed by atoms with Crippen LogP contribution in [0.5, 0.6) is 0 Å². The van der Waals surface area contributed by atoms with Gasteiger partial charge in [-0.3, -0.25) is 4.79 Å². The van der Waals surface area contributed by atoms with Crippen molar-refractivity contribution in [2.24, 2.45) is 5.73 Å². The van der Waals surface area contributed by atoms with Gasteiger partial charge in [-0.2, -0.15) is 0 Å². The molecule has 0 saturated heterocycles. The van der Waals surface area contributed by atoms with E-state index in [4.69, 9.17) is 5.73 Å². The fourth-order valence-corrected chi connectivity index (χ4v) is 1.53. The number of nitrogens with two attached hydrogens (primary N) is 1. The molecule has 2 rings (SSSR count). The Morgan fingerprint density at radius 2 is 2.31 bits per heavy atom. The number of benzene rings is 1. The average molecular weight is 180 g/mol. The van der Waals surface area contributed by atoms with Crippen LogP contribution in [0.25, 0.3) is 0 Å². The molecule has 3 N–H and O–H groups in total. The molecule has 0 aliphatic carbocycles. The third kappa shape index (κ3) is 1.19. The van der Waals surface area contributed by atoms with Crippen LogP contribution in [0.4, 0.5) is 10.1 Å². The summed E-state index contributed by atoms with van der Waals surface area (Å²) in [6.07, 6.45) is 0. The molecular formula is C9H9FN2O. The zero-order valence-electron chi connectivity index (χ0n) is 6.88. The Labute approximate surface area is 74.7 Å². The lowest BCUT2D eigenvalue weighted by Crippen LogP contribution is -2.20. The number of halogens is 1. The number of hydrogen-bond donors (Lipinski definition) is 2. The average Bonchev–Trinajstić information content (AvgIpc) is 2.40. The minimum absolute atomic E-state index is 0.150. The molecule has 1 heterocycles. The van der Waals surface area contributed by atoms with E-state index in [2.05, 4.69) is 5.32 Å². The largest absolute Gasteiger partial charge is 0.329 e. The maximum atomic E-state index is 12.8. The third-order valence-electron chi connectivity index (χ3n) is 2.20. The van der Waals surface area contributed by atoms with Crippen molar-refractivity contribution in [3.05, 3.63) is 29.6 Å². The van der Waals surface area contributed by atoms with Crippen LogP contribution in [-0.2, 0) is 4.79 Å². The molecule has 0 aromatic heterocycles. The zero-order valence-corrected chi connectivity index (χ0v) is 6.88. The van der Waals surface area contributed by atoms with Gasteiger partial charge in [-0.1, -0.05) is 0 Å². The van der Waals surface area contributed by atoms with Crippen LogP contribution in [0, 0.1) is 5.82 Å². The Hall–Kier alpha value is -1.42. The Kier molecular flexibility index (Phi) is 1.77. The fraction of sp³-hybridized carbons (Fsp3) is 0.222. The van der Waals surface area contributed by atoms with Crippen LogP contribution in [0.1, 0.15) is 11.5 Å². The number of carbonyl (C=O) groups is 1. The first-order valence-electron chi connectivity index (χ1n) is 4.02. The SMILES string of the molecule is NC[C@H]1C(=O)Nc2ccc(F)cc21. The number of fused-ring (bicyclic) bond motifs is 1. The van der Waals surface area contributed by atoms with E-state index in [0.29, 0.717) is 11.3 Å². The van der Waals surface area contributed by atoms with E-state index in [1.54, 1.807) is 6.07 Å². The van der Waals surface area contributed by atoms with Crippen molar-refractivity contribution in [1.82, 2.24) is 0 Å². The summed E-state index contributed by atoms with van der Waals surface area (Å²) in [6, 6.07) is 4.22. The molecule has 68 valence electrons. The number of hydrogen-bond acceptors (Lipinski definition) is 2. The molecular weight excluding hydrogens is 171 g/mol. The van der Waals surface area contributed by atoms with Gasteiger partial charge in [0, 0.05) is 12.2 Å². The molecule has 0 saturated carbocycles. The van der Waals surface area contributed by atoms with Gasteiger partial charge in [0.25, 0.3) is 0 Å². The molecule has 1 amide bonds. The highest BCUT2D eigenvalue weighted by molar-refractivity contribution is 6.03. The smallest absolute Gasteiger partial charge is 0.233 e. The summed E-state index contributed by atoms with van der Waals surface area (Å²) in [6.45, 7) is 0.211. The van der Waals surface area contributed by atoms with Crippen molar-refractivity contribution < 1.29 is 9.18 Å². The normalized spacial score (nSPS) is 19.8. The first kappa shape index (κ1) is 8.19. The Balaban J connectivity index is 2.50. The second kappa shape index (κ2) is 2.81. The van der Waals surface area contributed by atoms with Gasteiger partial charge >= 0.3 is 0 Å². The molecule has 4 heteroatoms. The summed E-state index contributed by atoms with van der Waals surface area (Å²) >= 11 is 0. The minimum Gasteiger partial charge on any atom is -0.329 e. The van der Waals surface area contributed by atoms with Crippen LogP contribution in [0.15, 0.2) is 18.2 Å². The summed E-state index contributed by atoms with van der Waals surface area (Å²) in [5.41, 5.74) is 6.73. The Bertz CT molecular complexity index is 365. The molecule has 1 aromatic rings. The maximum absolute atomic E-state index is 12.8. The van der Waals surface area contributed by atoms with Crippen molar-refractivity contribution in [3.63, 3.8) is 0 Å². The van der Waals surface area contributed by atoms with Crippen molar-refractivity contribution in [1.29, 1.82) is 0 Å². The van der Waals surface area contributed by atoms with Crippen LogP contribution in [0.3, 0.4) is 0 Å². The van der Waals surface area contributed by atoms with E-state index in [0.717, 1.165) is 0 Å². The van der Waals surface area contributed by atoms with E-state index in [9.17, 15) is 9.18 Å². The number of amides is 1. The highest BCUT2D eigenvalue weighted by atomic mass is 19.1. The second-order valence-electron chi connectivity index (χ2n) is 3.01. The molecule has 0 bridgehead atoms. The second-order valence-corrected chi connectivity index (χ2v) is 3.01. The van der Waals surface area contributed by atoms with E-state index < -0.39 is 5.92 Å². The fourth-order valence-electron chi connectivity index (χ4n) is 1.53. The highest BCUT2D eigenvalue weighted by Gasteiger charge is 2.29. The van der Waals surface area contributed by atoms with E-state index >= 15 is 0 Å². The van der Waals surface area contributed by atoms with Gasteiger partial charge in [0.2, 0.25) is 5.91 Å². The van der Waals surface area contributed by atoms with Crippen LogP contribution < -0.4 is 11.1 Å². The Morgan fingerprint density at radius 1 is 1.54 bits per heavy atom. The van der Waals surface area contributed by atoms with E-state index in [1.807, 2.05) is 0 Å². The van der Waals surface area contributed by atoms with Gasteiger partial charge in [-0.05, 0) is 23.8 Å². The lowest BCUT2D eigenvalue weighted by molar-refractivity contribution is -0.116. The topological polar surface area (TPSA) is 55.1 Å². The first-order valence-corrected chi connectivity index (χ1v) is 4.02. The summed E-state index contributed by atoms with van der Waals surface area (Å²) in [5.74, 6) is -0.887. The zero-order chi connectivity index (χ0) is 9.42. The van der Waals surface area contributed by atoms with Gasteiger partial charge in [0.05, 0.1) is 5.92 Å². The summed E-state index contributed by atoms with van der Waals surface area (Å²) in [7, 11) is 0. The molecule has 1 aliphatic heterocycles. The number of carbonyl (C=O) groups excluding carboxylic acids is 1. The van der Waals surface area contributed by atoms with Crippen molar-refractivity contribution in [2.75, 3.05) is 11.9 Å². The molecule has 0 radical (unpaired) electrons. The molecule has 1 aliphatic rings. The third-order valence-corrected chi connectivity index (χ3v) is 2.20. The standard InChI is InChI=1S/C9H9FN2O/c10-5-1-2-8-6(3-5)7(4-11)9(13)12-8/h1-3,7H,4,11H2,(H,12,13)/t7-/m1/s1. The van der Waals surface area contributed by atoms with Crippen LogP contribution >= 0.6 is 0 Å². The predicted octanol–water partition coefficient (Wildman–Crippen LogP) is 0.820. The quantitative estimate of drug-likeness (QED) is 0.672. The first-order chi connectivity index (χ1) is 6.22. The molecule has 13 heavy (non-hydrogen) atoms. The van der Waals surface area contributed by atoms with Gasteiger partial charge in [0.1, 0.15) is 5.82 Å². The summed E-state index contributed by atoms with van der Waals surface area (Å²) in [5, 5.41) is 2.64. The van der Waals surface area contributed by atoms with Gasteiger partial charge in [-0.15, -0.1) is 0 Å². The Morgan fingerprint density at radius 3 is 3.00 bits per heavy atom. The van der Waals surface area contributed by atoms with Gasteiger partial charge in [0.15, 0.2) is 0 Å². The number of nitrogens with one attached hydrogen (secondary N) is 1. The molecule has 0 fully saturated rings. The van der Waals surface area contributed by atoms with Crippen molar-refractivity contribution in [2.45, 2.75) is 5.92 Å². The number of rotatable bonds is 1. The van der Waals surface area contributed by atoms with Gasteiger partial charge in [-0.25, -0.2) is 4.39 Å². The van der Waals surface area contributed by atoms with Crippen molar-refractivity contribution >= 4 is 11.6 Å². The summed E-state index contributed by atoms with van der Waals surface area (Å²) in [4.78, 5) is 11.3. The summed E-state index contributed by atoms with van der Waals surface area (Å²) < 4.78 is 12.8. The van der Waals surface area contributed by atoms with Crippen LogP contribution in [0.2, 0.25) is 0 Å². The van der Waals surface area contributed by atoms with Gasteiger partial charge < -0.3 is 11.1 Å². The van der Waals surface area contributed by atoms with Crippen LogP contribution in [-0.4, -0.2) is 12.5 Å². The lowest BCUT2D eigenvalue weighted by atomic mass is 10.0. The lowest BCUT2D eigenvalue weighted by Gasteiger charge is -2.03. The molecule has 3 nitrogen and oxygen atoms in total. The highest BCUT2D eigenvalue weighted by Crippen LogP contribution is 2.31. The number of anilines is 1. The monoisotopic (exact) mass is 180 g/mol. The molecule has 1 aromatic carbocycles. The minimum atomic E-state index is -0.398. The molecule has 0 unspecified atom stereocenters. The van der Waals surface area contributed by atoms with E-state index in [-0.39, 0.29) is 18.3 Å².